The number of fused-ring (bicyclic) bond motifs is 1. The molecule has 10 heteroatoms. The lowest BCUT2D eigenvalue weighted by Crippen LogP contribution is -2.37. The number of benzene rings is 2. The van der Waals surface area contributed by atoms with Crippen molar-refractivity contribution in [3.8, 4) is 0 Å². The molecule has 2 aromatic carbocycles. The van der Waals surface area contributed by atoms with Crippen LogP contribution in [0.5, 0.6) is 0 Å². The molecule has 2 aliphatic heterocycles. The number of rotatable bonds is 4. The summed E-state index contributed by atoms with van der Waals surface area (Å²) < 4.78 is 32.3. The third kappa shape index (κ3) is 4.00. The molecule has 0 aromatic heterocycles. The van der Waals surface area contributed by atoms with Gasteiger partial charge in [0, 0.05) is 18.7 Å². The minimum Gasteiger partial charge on any atom is -0.378 e. The highest BCUT2D eigenvalue weighted by molar-refractivity contribution is 7.90. The molecule has 0 bridgehead atoms. The highest BCUT2D eigenvalue weighted by Gasteiger charge is 2.31. The van der Waals surface area contributed by atoms with Crippen molar-refractivity contribution in [1.29, 1.82) is 0 Å². The van der Waals surface area contributed by atoms with E-state index in [1.54, 1.807) is 43.3 Å². The summed E-state index contributed by atoms with van der Waals surface area (Å²) >= 11 is 6.41. The lowest BCUT2D eigenvalue weighted by molar-refractivity contribution is -0.117. The molecule has 158 valence electrons. The average Bonchev–Trinajstić information content (AvgIpc) is 2.99. The highest BCUT2D eigenvalue weighted by atomic mass is 35.5. The Hall–Kier alpha value is -2.62. The van der Waals surface area contributed by atoms with Crippen LogP contribution in [0.1, 0.15) is 12.5 Å². The summed E-state index contributed by atoms with van der Waals surface area (Å²) in [4.78, 5) is 19.4. The number of carbonyl (C=O) groups excluding carboxylic acids is 1. The maximum Gasteiger partial charge on any atom is 0.263 e. The zero-order valence-electron chi connectivity index (χ0n) is 16.3. The smallest absolute Gasteiger partial charge is 0.263 e. The van der Waals surface area contributed by atoms with E-state index in [0.717, 1.165) is 5.69 Å². The molecule has 2 N–H and O–H groups in total. The van der Waals surface area contributed by atoms with Gasteiger partial charge in [-0.25, -0.2) is 8.42 Å². The molecular weight excluding hydrogens is 428 g/mol. The maximum atomic E-state index is 12.8. The van der Waals surface area contributed by atoms with Crippen molar-refractivity contribution in [1.82, 2.24) is 4.72 Å². The Bertz CT molecular complexity index is 1110. The molecule has 8 nitrogen and oxygen atoms in total. The fraction of sp³-hybridized carbons (Fsp3) is 0.300. The van der Waals surface area contributed by atoms with Gasteiger partial charge in [-0.2, -0.15) is 0 Å². The molecule has 1 saturated heterocycles. The molecule has 2 heterocycles. The second-order valence-corrected chi connectivity index (χ2v) is 9.04. The van der Waals surface area contributed by atoms with Gasteiger partial charge in [-0.05, 0) is 31.2 Å². The van der Waals surface area contributed by atoms with Crippen molar-refractivity contribution < 1.29 is 17.9 Å². The number of hydrogen-bond donors (Lipinski definition) is 2. The van der Waals surface area contributed by atoms with Crippen molar-refractivity contribution in [3.05, 3.63) is 53.1 Å². The zero-order valence-corrected chi connectivity index (χ0v) is 17.8. The first-order valence-electron chi connectivity index (χ1n) is 9.49. The molecule has 1 amide bonds. The van der Waals surface area contributed by atoms with Crippen LogP contribution in [-0.2, 0) is 19.6 Å². The van der Waals surface area contributed by atoms with Crippen LogP contribution in [0, 0.1) is 0 Å². The molecule has 30 heavy (non-hydrogen) atoms. The first-order valence-corrected chi connectivity index (χ1v) is 11.3. The molecular formula is C20H21ClN4O4S. The number of aliphatic imine (C=N–C) groups is 1. The molecule has 4 rings (SSSR count). The van der Waals surface area contributed by atoms with Gasteiger partial charge >= 0.3 is 0 Å². The van der Waals surface area contributed by atoms with Crippen molar-refractivity contribution in [2.24, 2.45) is 4.99 Å². The van der Waals surface area contributed by atoms with E-state index in [0.29, 0.717) is 42.6 Å². The van der Waals surface area contributed by atoms with Crippen LogP contribution in [0.25, 0.3) is 0 Å². The minimum absolute atomic E-state index is 0.154. The fourth-order valence-corrected chi connectivity index (χ4v) is 4.98. The summed E-state index contributed by atoms with van der Waals surface area (Å²) in [5, 5.41) is 3.41. The van der Waals surface area contributed by atoms with Crippen LogP contribution < -0.4 is 14.9 Å². The Labute approximate surface area is 179 Å². The topological polar surface area (TPSA) is 100 Å². The van der Waals surface area contributed by atoms with Gasteiger partial charge in [0.1, 0.15) is 11.9 Å². The summed E-state index contributed by atoms with van der Waals surface area (Å²) in [5.41, 5.74) is 1.77. The van der Waals surface area contributed by atoms with E-state index in [-0.39, 0.29) is 16.6 Å². The van der Waals surface area contributed by atoms with E-state index in [1.807, 2.05) is 0 Å². The Morgan fingerprint density at radius 2 is 1.93 bits per heavy atom. The zero-order chi connectivity index (χ0) is 21.3. The predicted molar refractivity (Wildman–Crippen MR) is 116 cm³/mol. The Morgan fingerprint density at radius 1 is 1.20 bits per heavy atom. The second kappa shape index (κ2) is 8.25. The number of halogens is 1. The fourth-order valence-electron chi connectivity index (χ4n) is 3.44. The first kappa shape index (κ1) is 20.6. The molecule has 2 aromatic rings. The van der Waals surface area contributed by atoms with Gasteiger partial charge in [-0.3, -0.25) is 14.5 Å². The lowest BCUT2D eigenvalue weighted by Gasteiger charge is -2.31. The minimum atomic E-state index is -3.66. The van der Waals surface area contributed by atoms with E-state index in [4.69, 9.17) is 16.3 Å². The number of carbonyl (C=O) groups is 1. The number of sulfonamides is 1. The number of amidine groups is 1. The van der Waals surface area contributed by atoms with E-state index in [1.165, 1.54) is 6.07 Å². The van der Waals surface area contributed by atoms with Crippen LogP contribution in [-0.4, -0.2) is 52.5 Å². The monoisotopic (exact) mass is 448 g/mol. The maximum absolute atomic E-state index is 12.8. The van der Waals surface area contributed by atoms with Crippen LogP contribution >= 0.6 is 11.6 Å². The number of nitrogens with zero attached hydrogens (tertiary/aromatic N) is 2. The molecule has 0 radical (unpaired) electrons. The van der Waals surface area contributed by atoms with Crippen LogP contribution in [0.2, 0.25) is 5.02 Å². The van der Waals surface area contributed by atoms with Crippen LogP contribution in [0.4, 0.5) is 11.4 Å². The van der Waals surface area contributed by atoms with Gasteiger partial charge in [0.25, 0.3) is 10.0 Å². The molecule has 0 unspecified atom stereocenters. The third-order valence-electron chi connectivity index (χ3n) is 4.94. The molecule has 0 aliphatic carbocycles. The van der Waals surface area contributed by atoms with Crippen LogP contribution in [0.3, 0.4) is 0 Å². The highest BCUT2D eigenvalue weighted by Crippen LogP contribution is 2.34. The number of para-hydroxylation sites is 1. The number of amides is 1. The van der Waals surface area contributed by atoms with Gasteiger partial charge in [0.2, 0.25) is 5.91 Å². The van der Waals surface area contributed by atoms with E-state index in [9.17, 15) is 13.2 Å². The molecule has 2 aliphatic rings. The number of nitrogens with one attached hydrogen (secondary N) is 2. The van der Waals surface area contributed by atoms with Crippen LogP contribution in [0.15, 0.2) is 52.4 Å². The van der Waals surface area contributed by atoms with Crippen molar-refractivity contribution in [3.63, 3.8) is 0 Å². The van der Waals surface area contributed by atoms with Crippen molar-refractivity contribution >= 4 is 44.7 Å². The van der Waals surface area contributed by atoms with Gasteiger partial charge < -0.3 is 15.0 Å². The largest absolute Gasteiger partial charge is 0.378 e. The summed E-state index contributed by atoms with van der Waals surface area (Å²) in [7, 11) is -3.66. The summed E-state index contributed by atoms with van der Waals surface area (Å²) in [6.45, 7) is 4.12. The van der Waals surface area contributed by atoms with E-state index >= 15 is 0 Å². The lowest BCUT2D eigenvalue weighted by atomic mass is 10.2. The molecule has 1 atom stereocenters. The number of anilines is 2. The van der Waals surface area contributed by atoms with Gasteiger partial charge in [0.05, 0.1) is 34.5 Å². The van der Waals surface area contributed by atoms with Gasteiger partial charge in [0.15, 0.2) is 0 Å². The third-order valence-corrected chi connectivity index (χ3v) is 6.64. The number of ether oxygens (including phenoxy) is 1. The summed E-state index contributed by atoms with van der Waals surface area (Å²) in [5.74, 6) is -0.212. The van der Waals surface area contributed by atoms with Crippen molar-refractivity contribution in [2.45, 2.75) is 17.9 Å². The normalized spacial score (nSPS) is 19.8. The molecule has 1 fully saturated rings. The predicted octanol–water partition coefficient (Wildman–Crippen LogP) is 2.24. The van der Waals surface area contributed by atoms with Crippen molar-refractivity contribution in [2.75, 3.05) is 36.5 Å². The number of morpholine rings is 1. The Kier molecular flexibility index (Phi) is 5.68. The van der Waals surface area contributed by atoms with E-state index < -0.39 is 16.1 Å². The van der Waals surface area contributed by atoms with Gasteiger partial charge in [-0.15, -0.1) is 0 Å². The Morgan fingerprint density at radius 3 is 2.70 bits per heavy atom. The first-order chi connectivity index (χ1) is 14.4. The SMILES string of the molecule is C[C@H](N=C1NS(=O)(=O)c2ccccc21)C(=O)Nc1cccc(Cl)c1N1CCOCC1. The molecule has 0 saturated carbocycles. The second-order valence-electron chi connectivity index (χ2n) is 6.98. The van der Waals surface area contributed by atoms with E-state index in [2.05, 4.69) is 19.9 Å². The standard InChI is InChI=1S/C20H21ClN4O4S/c1-13(22-19-14-5-2-3-8-17(14)30(27,28)24-19)20(26)23-16-7-4-6-15(21)18(16)25-9-11-29-12-10-25/h2-8,13H,9-12H2,1H3,(H,22,24)(H,23,26)/t13-/m0/s1. The van der Waals surface area contributed by atoms with Gasteiger partial charge in [-0.1, -0.05) is 29.8 Å². The quantitative estimate of drug-likeness (QED) is 0.747. The molecule has 0 spiro atoms. The number of hydrogen-bond acceptors (Lipinski definition) is 6. The Balaban J connectivity index is 1.57. The summed E-state index contributed by atoms with van der Waals surface area (Å²) in [6, 6.07) is 11.0. The summed E-state index contributed by atoms with van der Waals surface area (Å²) in [6.07, 6.45) is 0. The average molecular weight is 449 g/mol.